The zero-order valence-electron chi connectivity index (χ0n) is 58.1. The highest BCUT2D eigenvalue weighted by atomic mass is 32.2. The molecule has 6 atom stereocenters. The predicted octanol–water partition coefficient (Wildman–Crippen LogP) is 7.37. The van der Waals surface area contributed by atoms with Gasteiger partial charge in [0.1, 0.15) is 58.5 Å². The molecule has 0 aliphatic carbocycles. The molecule has 0 saturated carbocycles. The molecule has 4 aromatic carbocycles. The summed E-state index contributed by atoms with van der Waals surface area (Å²) in [5.74, 6) is -7.37. The van der Waals surface area contributed by atoms with Crippen LogP contribution in [0, 0.1) is 17.6 Å². The Bertz CT molecular complexity index is 4160. The Morgan fingerprint density at radius 3 is 2.10 bits per heavy atom. The predicted molar refractivity (Wildman–Crippen MR) is 387 cm³/mol. The number of anilines is 6. The number of carboxylic acid groups (broad SMARTS) is 2. The van der Waals surface area contributed by atoms with Crippen LogP contribution in [-0.2, 0) is 70.7 Å². The number of ether oxygens (including phenoxy) is 5. The molecule has 568 valence electrons. The molecule has 0 radical (unpaired) electrons. The molecular weight excluding hydrogens is 1430 g/mol. The Hall–Kier alpha value is -10.8. The van der Waals surface area contributed by atoms with Crippen LogP contribution in [0.1, 0.15) is 82.9 Å². The molecule has 6 aromatic rings. The fourth-order valence-corrected chi connectivity index (χ4v) is 12.6. The maximum absolute atomic E-state index is 15.2. The topological polar surface area (TPSA) is 442 Å². The number of fused-ring (bicyclic) bond motifs is 6. The largest absolute Gasteiger partial charge is 0.588 e. The quantitative estimate of drug-likeness (QED) is 0.0106. The van der Waals surface area contributed by atoms with Crippen molar-refractivity contribution in [1.29, 1.82) is 0 Å². The third-order valence-electron chi connectivity index (χ3n) is 15.8. The number of pyridine rings is 2. The van der Waals surface area contributed by atoms with Gasteiger partial charge in [-0.25, -0.2) is 32.9 Å². The van der Waals surface area contributed by atoms with E-state index in [2.05, 4.69) is 66.9 Å². The van der Waals surface area contributed by atoms with E-state index in [1.807, 2.05) is 6.92 Å². The number of carbonyl (C=O) groups excluding carboxylic acids is 7. The van der Waals surface area contributed by atoms with E-state index in [1.54, 1.807) is 62.4 Å². The number of hydrogen-bond donors (Lipinski definition) is 13. The van der Waals surface area contributed by atoms with E-state index >= 15 is 4.39 Å². The number of urea groups is 3. The maximum atomic E-state index is 15.2. The molecule has 106 heavy (non-hydrogen) atoms. The zero-order chi connectivity index (χ0) is 76.1. The third kappa shape index (κ3) is 26.1. The number of carboxylic acids is 2. The lowest BCUT2D eigenvalue weighted by molar-refractivity contribution is -0.146. The second kappa shape index (κ2) is 41.0. The highest BCUT2D eigenvalue weighted by molar-refractivity contribution is 7.92. The summed E-state index contributed by atoms with van der Waals surface area (Å²) in [7, 11) is -2.67. The van der Waals surface area contributed by atoms with Crippen LogP contribution in [-0.4, -0.2) is 178 Å². The summed E-state index contributed by atoms with van der Waals surface area (Å²) in [5, 5.41) is 43.5. The van der Waals surface area contributed by atoms with Gasteiger partial charge in [-0.15, -0.1) is 0 Å². The van der Waals surface area contributed by atoms with Crippen molar-refractivity contribution in [3.05, 3.63) is 138 Å². The number of halogens is 2. The highest BCUT2D eigenvalue weighted by Crippen LogP contribution is 2.35. The second-order valence-corrected chi connectivity index (χ2v) is 26.8. The van der Waals surface area contributed by atoms with E-state index in [4.69, 9.17) is 23.7 Å². The number of benzene rings is 4. The normalized spacial score (nSPS) is 14.7. The van der Waals surface area contributed by atoms with Crippen molar-refractivity contribution < 1.29 is 94.6 Å². The van der Waals surface area contributed by atoms with Crippen LogP contribution >= 0.6 is 0 Å². The van der Waals surface area contributed by atoms with Crippen LogP contribution < -0.4 is 62.0 Å². The van der Waals surface area contributed by atoms with Gasteiger partial charge in [0.2, 0.25) is 23.6 Å². The summed E-state index contributed by atoms with van der Waals surface area (Å²) < 4.78 is 91.3. The van der Waals surface area contributed by atoms with Crippen LogP contribution in [0.5, 0.6) is 11.6 Å². The molecule has 2 aliphatic heterocycles. The first-order chi connectivity index (χ1) is 51.0. The van der Waals surface area contributed by atoms with Gasteiger partial charge in [0.05, 0.1) is 89.4 Å². The minimum absolute atomic E-state index is 0.0398. The highest BCUT2D eigenvalue weighted by Gasteiger charge is 2.40. The molecule has 2 aromatic heterocycles. The molecule has 36 heteroatoms. The van der Waals surface area contributed by atoms with Gasteiger partial charge < -0.3 is 91.2 Å². The van der Waals surface area contributed by atoms with E-state index in [1.165, 1.54) is 54.6 Å². The number of aliphatic carboxylic acids is 2. The number of rotatable bonds is 34. The fourth-order valence-electron chi connectivity index (χ4n) is 10.8. The Kier molecular flexibility index (Phi) is 31.3. The summed E-state index contributed by atoms with van der Waals surface area (Å²) in [6.07, 6.45) is 0.990. The van der Waals surface area contributed by atoms with Gasteiger partial charge in [0.15, 0.2) is 4.90 Å². The lowest BCUT2D eigenvalue weighted by Crippen LogP contribution is -2.56. The average molecular weight is 1510 g/mol. The first-order valence-electron chi connectivity index (χ1n) is 33.9. The number of nitrogens with zero attached hydrogens (tertiary/aromatic N) is 4. The van der Waals surface area contributed by atoms with E-state index in [0.29, 0.717) is 58.2 Å². The molecule has 0 spiro atoms. The number of thiol groups is 1. The fraction of sp³-hybridized carbons (Fsp3) is 0.386. The van der Waals surface area contributed by atoms with Crippen molar-refractivity contribution in [3.63, 3.8) is 0 Å². The third-order valence-corrected chi connectivity index (χ3v) is 17.9. The van der Waals surface area contributed by atoms with Crippen LogP contribution in [0.25, 0.3) is 11.1 Å². The summed E-state index contributed by atoms with van der Waals surface area (Å²) in [5.41, 5.74) is 2.66. The first kappa shape index (κ1) is 80.9. The van der Waals surface area contributed by atoms with Crippen molar-refractivity contribution in [2.75, 3.05) is 98.5 Å². The smallest absolute Gasteiger partial charge is 0.319 e. The summed E-state index contributed by atoms with van der Waals surface area (Å²) in [6.45, 7) is 6.53. The van der Waals surface area contributed by atoms with Gasteiger partial charge in [0.25, 0.3) is 5.91 Å². The average Bonchev–Trinajstić information content (AvgIpc) is 1.04. The monoisotopic (exact) mass is 1510 g/mol. The van der Waals surface area contributed by atoms with Crippen LogP contribution in [0.15, 0.2) is 125 Å². The lowest BCUT2D eigenvalue weighted by atomic mass is 10.0. The number of carbonyl (C=O) groups is 9. The molecule has 10 amide bonds. The van der Waals surface area contributed by atoms with Crippen LogP contribution in [0.3, 0.4) is 0 Å². The van der Waals surface area contributed by atoms with Gasteiger partial charge in [-0.2, -0.15) is 9.35 Å². The lowest BCUT2D eigenvalue weighted by Gasteiger charge is -2.29. The molecule has 32 nitrogen and oxygen atoms in total. The van der Waals surface area contributed by atoms with E-state index < -0.39 is 130 Å². The number of amides is 10. The van der Waals surface area contributed by atoms with Crippen molar-refractivity contribution in [2.45, 2.75) is 101 Å². The maximum Gasteiger partial charge on any atom is 0.319 e. The Labute approximate surface area is 613 Å². The minimum Gasteiger partial charge on any atom is -0.588 e. The van der Waals surface area contributed by atoms with Crippen molar-refractivity contribution in [1.82, 2.24) is 41.5 Å². The van der Waals surface area contributed by atoms with E-state index in [9.17, 15) is 66.5 Å². The Morgan fingerprint density at radius 1 is 0.717 bits per heavy atom. The number of aromatic nitrogens is 2. The van der Waals surface area contributed by atoms with Gasteiger partial charge in [-0.1, -0.05) is 39.0 Å². The van der Waals surface area contributed by atoms with Crippen molar-refractivity contribution >= 4 is 110 Å². The molecule has 1 fully saturated rings. The Morgan fingerprint density at radius 2 is 1.39 bits per heavy atom. The summed E-state index contributed by atoms with van der Waals surface area (Å²) in [4.78, 5) is 126. The SMILES string of the molecule is CCCNC(=O)Nc1cccc([S+]([O-])Nc2cccc([C@@H](CC(=O)O)NC(=O)Nc3ccc(NC(=O)NCCOCCOCCOCCC(=O)N[C@@H](CC(=O)O)C(=O)N4CCC[C@H]4C(=O)N[C@H](C(=O)N=[SH](=O)Cc4cc5nc(c4)OCCCOc4cc(F)ccc4-c4cc(ncc4F)N5)C(C)C)cc3)c2)c1. The first-order valence-corrected chi connectivity index (χ1v) is 36.4. The molecule has 2 unspecified atom stereocenters. The summed E-state index contributed by atoms with van der Waals surface area (Å²) >= 11 is -1.78. The molecule has 1 saturated heterocycles. The molecule has 12 N–H and O–H groups in total. The number of nitrogens with one attached hydrogen (secondary N) is 10. The zero-order valence-corrected chi connectivity index (χ0v) is 59.8. The van der Waals surface area contributed by atoms with Crippen LogP contribution in [0.4, 0.5) is 57.5 Å². The number of hydrogen-bond acceptors (Lipinski definition) is 20. The molecular formula is C70H84F2N14O18S2. The number of likely N-dealkylation sites (tertiary alicyclic amines) is 1. The van der Waals surface area contributed by atoms with Gasteiger partial charge in [-0.3, -0.25) is 33.0 Å². The molecule has 8 rings (SSSR count). The van der Waals surface area contributed by atoms with Crippen molar-refractivity contribution in [2.24, 2.45) is 10.3 Å². The van der Waals surface area contributed by atoms with E-state index in [-0.39, 0.29) is 119 Å². The molecule has 4 bridgehead atoms. The van der Waals surface area contributed by atoms with Crippen molar-refractivity contribution in [3.8, 4) is 22.8 Å². The Balaban J connectivity index is 0.698. The second-order valence-electron chi connectivity index (χ2n) is 24.3. The molecule has 2 aliphatic rings. The van der Waals surface area contributed by atoms with Gasteiger partial charge in [0, 0.05) is 89.5 Å². The van der Waals surface area contributed by atoms with Gasteiger partial charge in [-0.05, 0) is 109 Å². The van der Waals surface area contributed by atoms with Crippen LogP contribution in [0.2, 0.25) is 0 Å². The minimum atomic E-state index is -2.67. The van der Waals surface area contributed by atoms with Gasteiger partial charge >= 0.3 is 30.0 Å². The molecule has 4 heterocycles. The standard InChI is InChI=1S/C70H84F2N14O18S2/c1-4-21-73-68(95)78-48-10-6-12-50(36-48)106(99)84-49-11-5-9-44(34-49)54(38-62(88)89)80-70(97)77-47-17-15-46(16-18-47)76-69(96)74-22-27-101-29-31-102-30-28-100-26-20-60(87)79-55(39-63(90)91)67(94)86-23-7-13-56(86)65(92)83-64(42(2)3)66(93)85-105(98)41-43-32-59-81-58-37-52(53(72)40-75-58)51-19-14-45(71)35-57(51)103-24-8-25-104-61(33-43)82-59/h5-6,9-12,14-19,32-37,40,42,54-56,64,84,105H,4,7-8,13,20-31,38-39,41H2,1-3H3,(H,79,87)(H,83,92)(H,88,89)(H,90,91)(H2,73,78,95)(H2,74,76,96)(H,75,81,82)(H2,77,80,97)/t54-,55+,56+,64+,106?/m1/s1. The van der Waals surface area contributed by atoms with E-state index in [0.717, 1.165) is 23.6 Å². The summed E-state index contributed by atoms with van der Waals surface area (Å²) in [6, 6.07) is 20.5.